The summed E-state index contributed by atoms with van der Waals surface area (Å²) in [6, 6.07) is 13.3. The molecule has 0 radical (unpaired) electrons. The number of sulfonamides is 1. The molecular weight excluding hydrogens is 436 g/mol. The molecule has 3 rings (SSSR count). The van der Waals surface area contributed by atoms with Gasteiger partial charge in [-0.2, -0.15) is 4.31 Å². The SMILES string of the molecule is CCN(CC)S(=O)(=O)c1ccc(C(=O)OCc2csc(-c3cccc(OC)c3)n2)cc1. The molecule has 0 N–H and O–H groups in total. The van der Waals surface area contributed by atoms with Crippen LogP contribution in [0.2, 0.25) is 0 Å². The fourth-order valence-corrected chi connectivity index (χ4v) is 5.22. The van der Waals surface area contributed by atoms with Crippen molar-refractivity contribution >= 4 is 27.3 Å². The number of hydrogen-bond donors (Lipinski definition) is 0. The summed E-state index contributed by atoms with van der Waals surface area (Å²) in [6.45, 7) is 4.36. The molecule has 0 saturated heterocycles. The summed E-state index contributed by atoms with van der Waals surface area (Å²) in [7, 11) is -1.96. The third kappa shape index (κ3) is 5.30. The number of hydrogen-bond acceptors (Lipinski definition) is 7. The second-order valence-electron chi connectivity index (χ2n) is 6.57. The molecule has 0 saturated carbocycles. The Hall–Kier alpha value is -2.75. The van der Waals surface area contributed by atoms with Gasteiger partial charge in [-0.05, 0) is 36.4 Å². The summed E-state index contributed by atoms with van der Waals surface area (Å²) in [5.74, 6) is 0.204. The smallest absolute Gasteiger partial charge is 0.338 e. The molecule has 9 heteroatoms. The van der Waals surface area contributed by atoms with Crippen molar-refractivity contribution in [2.75, 3.05) is 20.2 Å². The highest BCUT2D eigenvalue weighted by molar-refractivity contribution is 7.89. The van der Waals surface area contributed by atoms with Crippen LogP contribution in [0.4, 0.5) is 0 Å². The summed E-state index contributed by atoms with van der Waals surface area (Å²) in [6.07, 6.45) is 0. The molecule has 0 atom stereocenters. The zero-order valence-corrected chi connectivity index (χ0v) is 19.2. The summed E-state index contributed by atoms with van der Waals surface area (Å²) in [4.78, 5) is 17.0. The van der Waals surface area contributed by atoms with Gasteiger partial charge in [0.1, 0.15) is 17.4 Å². The lowest BCUT2D eigenvalue weighted by Crippen LogP contribution is -2.30. The summed E-state index contributed by atoms with van der Waals surface area (Å²) in [5, 5.41) is 2.64. The van der Waals surface area contributed by atoms with Gasteiger partial charge in [-0.15, -0.1) is 11.3 Å². The van der Waals surface area contributed by atoms with Gasteiger partial charge in [-0.3, -0.25) is 0 Å². The van der Waals surface area contributed by atoms with Crippen molar-refractivity contribution in [3.8, 4) is 16.3 Å². The van der Waals surface area contributed by atoms with Gasteiger partial charge in [0, 0.05) is 24.0 Å². The third-order valence-corrected chi connectivity index (χ3v) is 7.66. The Morgan fingerprint density at radius 3 is 2.45 bits per heavy atom. The van der Waals surface area contributed by atoms with Crippen LogP contribution in [-0.2, 0) is 21.4 Å². The van der Waals surface area contributed by atoms with Gasteiger partial charge >= 0.3 is 5.97 Å². The van der Waals surface area contributed by atoms with E-state index < -0.39 is 16.0 Å². The van der Waals surface area contributed by atoms with Gasteiger partial charge < -0.3 is 9.47 Å². The Bertz CT molecular complexity index is 1140. The maximum absolute atomic E-state index is 12.5. The Morgan fingerprint density at radius 1 is 1.10 bits per heavy atom. The standard InChI is InChI=1S/C22H24N2O5S2/c1-4-24(5-2)31(26,27)20-11-9-16(10-12-20)22(25)29-14-18-15-30-21(23-18)17-7-6-8-19(13-17)28-3/h6-13,15H,4-5,14H2,1-3H3. The maximum Gasteiger partial charge on any atom is 0.338 e. The second kappa shape index (κ2) is 10.0. The quantitative estimate of drug-likeness (QED) is 0.445. The van der Waals surface area contributed by atoms with Crippen molar-refractivity contribution in [2.24, 2.45) is 0 Å². The van der Waals surface area contributed by atoms with Crippen LogP contribution in [0.1, 0.15) is 29.9 Å². The Morgan fingerprint density at radius 2 is 1.81 bits per heavy atom. The van der Waals surface area contributed by atoms with Gasteiger partial charge in [0.2, 0.25) is 10.0 Å². The average Bonchev–Trinajstić information content (AvgIpc) is 3.27. The van der Waals surface area contributed by atoms with E-state index in [0.29, 0.717) is 18.8 Å². The highest BCUT2D eigenvalue weighted by Gasteiger charge is 2.22. The van der Waals surface area contributed by atoms with E-state index in [1.807, 2.05) is 29.6 Å². The highest BCUT2D eigenvalue weighted by Crippen LogP contribution is 2.27. The lowest BCUT2D eigenvalue weighted by Gasteiger charge is -2.18. The zero-order chi connectivity index (χ0) is 22.4. The van der Waals surface area contributed by atoms with Gasteiger partial charge in [0.25, 0.3) is 0 Å². The molecule has 7 nitrogen and oxygen atoms in total. The van der Waals surface area contributed by atoms with Crippen LogP contribution in [0, 0.1) is 0 Å². The number of rotatable bonds is 9. The van der Waals surface area contributed by atoms with Crippen LogP contribution in [0.25, 0.3) is 10.6 Å². The van der Waals surface area contributed by atoms with Gasteiger partial charge in [-0.25, -0.2) is 18.2 Å². The van der Waals surface area contributed by atoms with E-state index in [0.717, 1.165) is 16.3 Å². The fraction of sp³-hybridized carbons (Fsp3) is 0.273. The molecule has 1 aromatic heterocycles. The molecule has 0 bridgehead atoms. The number of carbonyl (C=O) groups excluding carboxylic acids is 1. The fourth-order valence-electron chi connectivity index (χ4n) is 2.96. The highest BCUT2D eigenvalue weighted by atomic mass is 32.2. The van der Waals surface area contributed by atoms with E-state index in [-0.39, 0.29) is 17.1 Å². The predicted molar refractivity (Wildman–Crippen MR) is 120 cm³/mol. The van der Waals surface area contributed by atoms with E-state index in [9.17, 15) is 13.2 Å². The Labute approximate surface area is 186 Å². The van der Waals surface area contributed by atoms with Crippen molar-refractivity contribution in [3.63, 3.8) is 0 Å². The van der Waals surface area contributed by atoms with Crippen molar-refractivity contribution in [1.82, 2.24) is 9.29 Å². The van der Waals surface area contributed by atoms with Crippen molar-refractivity contribution < 1.29 is 22.7 Å². The molecule has 2 aromatic carbocycles. The van der Waals surface area contributed by atoms with E-state index in [4.69, 9.17) is 9.47 Å². The number of aromatic nitrogens is 1. The maximum atomic E-state index is 12.5. The molecule has 0 aliphatic rings. The normalized spacial score (nSPS) is 11.5. The molecule has 0 unspecified atom stereocenters. The molecule has 0 aliphatic carbocycles. The van der Waals surface area contributed by atoms with Crippen LogP contribution in [0.3, 0.4) is 0 Å². The number of nitrogens with zero attached hydrogens (tertiary/aromatic N) is 2. The molecule has 0 fully saturated rings. The monoisotopic (exact) mass is 460 g/mol. The largest absolute Gasteiger partial charge is 0.497 e. The molecule has 1 heterocycles. The second-order valence-corrected chi connectivity index (χ2v) is 9.36. The zero-order valence-electron chi connectivity index (χ0n) is 17.6. The lowest BCUT2D eigenvalue weighted by atomic mass is 10.2. The number of benzene rings is 2. The number of thiazole rings is 1. The molecule has 0 amide bonds. The van der Waals surface area contributed by atoms with Gasteiger partial charge in [0.15, 0.2) is 0 Å². The number of carbonyl (C=O) groups is 1. The van der Waals surface area contributed by atoms with Crippen molar-refractivity contribution in [3.05, 3.63) is 65.2 Å². The van der Waals surface area contributed by atoms with E-state index in [2.05, 4.69) is 4.98 Å². The minimum Gasteiger partial charge on any atom is -0.497 e. The predicted octanol–water partition coefficient (Wildman–Crippen LogP) is 4.21. The molecule has 31 heavy (non-hydrogen) atoms. The Balaban J connectivity index is 1.64. The van der Waals surface area contributed by atoms with E-state index in [1.54, 1.807) is 21.0 Å². The van der Waals surface area contributed by atoms with E-state index in [1.165, 1.54) is 39.9 Å². The average molecular weight is 461 g/mol. The Kier molecular flexibility index (Phi) is 7.42. The minimum atomic E-state index is -3.56. The molecule has 0 aliphatic heterocycles. The third-order valence-electron chi connectivity index (χ3n) is 4.65. The van der Waals surface area contributed by atoms with Crippen LogP contribution in [0.15, 0.2) is 58.8 Å². The van der Waals surface area contributed by atoms with E-state index >= 15 is 0 Å². The minimum absolute atomic E-state index is 0.0266. The molecule has 164 valence electrons. The summed E-state index contributed by atoms with van der Waals surface area (Å²) >= 11 is 1.45. The van der Waals surface area contributed by atoms with Crippen LogP contribution in [-0.4, -0.2) is 43.9 Å². The summed E-state index contributed by atoms with van der Waals surface area (Å²) < 4.78 is 37.0. The number of methoxy groups -OCH3 is 1. The lowest BCUT2D eigenvalue weighted by molar-refractivity contribution is 0.0468. The molecular formula is C22H24N2O5S2. The van der Waals surface area contributed by atoms with Crippen LogP contribution < -0.4 is 4.74 Å². The molecule has 3 aromatic rings. The molecule has 0 spiro atoms. The van der Waals surface area contributed by atoms with Crippen LogP contribution in [0.5, 0.6) is 5.75 Å². The first-order chi connectivity index (χ1) is 14.9. The van der Waals surface area contributed by atoms with Crippen LogP contribution >= 0.6 is 11.3 Å². The topological polar surface area (TPSA) is 85.8 Å². The summed E-state index contributed by atoms with van der Waals surface area (Å²) in [5.41, 5.74) is 1.84. The first-order valence-corrected chi connectivity index (χ1v) is 12.1. The number of ether oxygens (including phenoxy) is 2. The first-order valence-electron chi connectivity index (χ1n) is 9.75. The van der Waals surface area contributed by atoms with Gasteiger partial charge in [-0.1, -0.05) is 26.0 Å². The van der Waals surface area contributed by atoms with Crippen molar-refractivity contribution in [1.29, 1.82) is 0 Å². The van der Waals surface area contributed by atoms with Gasteiger partial charge in [0.05, 0.1) is 23.3 Å². The number of esters is 1. The van der Waals surface area contributed by atoms with Crippen molar-refractivity contribution in [2.45, 2.75) is 25.3 Å². The first kappa shape index (κ1) is 22.9.